The van der Waals surface area contributed by atoms with Crippen LogP contribution >= 0.6 is 0 Å². The van der Waals surface area contributed by atoms with Crippen LogP contribution in [0.2, 0.25) is 0 Å². The molecule has 1 aliphatic heterocycles. The van der Waals surface area contributed by atoms with Gasteiger partial charge in [0.05, 0.1) is 0 Å². The third-order valence-electron chi connectivity index (χ3n) is 2.81. The van der Waals surface area contributed by atoms with Crippen LogP contribution in [0.1, 0.15) is 5.56 Å². The van der Waals surface area contributed by atoms with Crippen molar-refractivity contribution in [1.29, 1.82) is 0 Å². The summed E-state index contributed by atoms with van der Waals surface area (Å²) in [6.07, 6.45) is 0. The van der Waals surface area contributed by atoms with Crippen molar-refractivity contribution in [2.24, 2.45) is 5.92 Å². The summed E-state index contributed by atoms with van der Waals surface area (Å²) >= 11 is 0. The van der Waals surface area contributed by atoms with Crippen LogP contribution in [0.15, 0.2) is 24.3 Å². The summed E-state index contributed by atoms with van der Waals surface area (Å²) in [6, 6.07) is 7.69. The van der Waals surface area contributed by atoms with E-state index in [2.05, 4.69) is 10.6 Å². The van der Waals surface area contributed by atoms with Gasteiger partial charge in [-0.15, -0.1) is 0 Å². The first-order valence-electron chi connectivity index (χ1n) is 5.91. The first-order chi connectivity index (χ1) is 8.24. The van der Waals surface area contributed by atoms with Crippen molar-refractivity contribution in [1.82, 2.24) is 10.6 Å². The van der Waals surface area contributed by atoms with Crippen molar-refractivity contribution in [3.63, 3.8) is 0 Å². The molecule has 0 spiro atoms. The Morgan fingerprint density at radius 2 is 2.35 bits per heavy atom. The summed E-state index contributed by atoms with van der Waals surface area (Å²) < 4.78 is 5.40. The van der Waals surface area contributed by atoms with Gasteiger partial charge in [-0.1, -0.05) is 12.1 Å². The molecule has 1 fully saturated rings. The van der Waals surface area contributed by atoms with Gasteiger partial charge >= 0.3 is 0 Å². The van der Waals surface area contributed by atoms with Crippen molar-refractivity contribution < 1.29 is 9.53 Å². The smallest absolute Gasteiger partial charge is 0.257 e. The lowest BCUT2D eigenvalue weighted by Crippen LogP contribution is -2.48. The molecule has 1 saturated heterocycles. The minimum absolute atomic E-state index is 0.0570. The normalized spacial score (nSPS) is 15.1. The zero-order valence-electron chi connectivity index (χ0n) is 10.0. The zero-order valence-corrected chi connectivity index (χ0v) is 10.0. The van der Waals surface area contributed by atoms with Crippen molar-refractivity contribution in [3.8, 4) is 5.75 Å². The van der Waals surface area contributed by atoms with Crippen LogP contribution in [0.25, 0.3) is 0 Å². The number of nitrogens with one attached hydrogen (secondary N) is 2. The molecule has 0 bridgehead atoms. The number of carbonyl (C=O) groups is 1. The van der Waals surface area contributed by atoms with E-state index in [9.17, 15) is 4.79 Å². The summed E-state index contributed by atoms with van der Waals surface area (Å²) in [5.74, 6) is 1.27. The number of carbonyl (C=O) groups excluding carboxylic acids is 1. The number of amides is 1. The monoisotopic (exact) mass is 234 g/mol. The molecule has 0 radical (unpaired) electrons. The van der Waals surface area contributed by atoms with Crippen molar-refractivity contribution in [3.05, 3.63) is 29.8 Å². The molecule has 4 nitrogen and oxygen atoms in total. The van der Waals surface area contributed by atoms with Gasteiger partial charge in [0.25, 0.3) is 5.91 Å². The third kappa shape index (κ3) is 3.75. The molecular weight excluding hydrogens is 216 g/mol. The van der Waals surface area contributed by atoms with Crippen LogP contribution < -0.4 is 15.4 Å². The van der Waals surface area contributed by atoms with Crippen LogP contribution in [0.4, 0.5) is 0 Å². The fourth-order valence-corrected chi connectivity index (χ4v) is 1.66. The van der Waals surface area contributed by atoms with Gasteiger partial charge in [-0.3, -0.25) is 4.79 Å². The van der Waals surface area contributed by atoms with Crippen LogP contribution in [-0.4, -0.2) is 32.1 Å². The fraction of sp³-hybridized carbons (Fsp3) is 0.462. The van der Waals surface area contributed by atoms with E-state index >= 15 is 0 Å². The Morgan fingerprint density at radius 1 is 1.53 bits per heavy atom. The molecule has 4 heteroatoms. The molecule has 1 heterocycles. The molecule has 0 unspecified atom stereocenters. The maximum Gasteiger partial charge on any atom is 0.257 e. The fourth-order valence-electron chi connectivity index (χ4n) is 1.66. The molecule has 1 aliphatic rings. The first-order valence-corrected chi connectivity index (χ1v) is 5.91. The average molecular weight is 234 g/mol. The number of rotatable bonds is 5. The van der Waals surface area contributed by atoms with Gasteiger partial charge in [0, 0.05) is 25.6 Å². The first kappa shape index (κ1) is 11.9. The van der Waals surface area contributed by atoms with Crippen molar-refractivity contribution >= 4 is 5.91 Å². The molecule has 1 aromatic carbocycles. The number of aryl methyl sites for hydroxylation is 1. The summed E-state index contributed by atoms with van der Waals surface area (Å²) in [5.41, 5.74) is 1.13. The Morgan fingerprint density at radius 3 is 3.00 bits per heavy atom. The van der Waals surface area contributed by atoms with Gasteiger partial charge in [0.15, 0.2) is 6.61 Å². The van der Waals surface area contributed by atoms with E-state index in [-0.39, 0.29) is 12.5 Å². The maximum atomic E-state index is 11.5. The Balaban J connectivity index is 1.68. The van der Waals surface area contributed by atoms with Crippen LogP contribution in [-0.2, 0) is 4.79 Å². The van der Waals surface area contributed by atoms with Crippen LogP contribution in [0, 0.1) is 12.8 Å². The van der Waals surface area contributed by atoms with Crippen molar-refractivity contribution in [2.45, 2.75) is 6.92 Å². The predicted molar refractivity (Wildman–Crippen MR) is 66.0 cm³/mol. The van der Waals surface area contributed by atoms with Crippen LogP contribution in [0.5, 0.6) is 5.75 Å². The molecule has 0 atom stereocenters. The quantitative estimate of drug-likeness (QED) is 0.789. The van der Waals surface area contributed by atoms with Gasteiger partial charge < -0.3 is 15.4 Å². The molecule has 17 heavy (non-hydrogen) atoms. The summed E-state index contributed by atoms with van der Waals surface area (Å²) in [6.45, 7) is 4.82. The highest BCUT2D eigenvalue weighted by Crippen LogP contribution is 2.11. The Labute approximate surface area is 101 Å². The Hall–Kier alpha value is -1.55. The summed E-state index contributed by atoms with van der Waals surface area (Å²) in [4.78, 5) is 11.5. The highest BCUT2D eigenvalue weighted by Gasteiger charge is 2.17. The van der Waals surface area contributed by atoms with E-state index < -0.39 is 0 Å². The topological polar surface area (TPSA) is 50.4 Å². The number of benzene rings is 1. The second-order valence-electron chi connectivity index (χ2n) is 4.43. The molecule has 1 amide bonds. The molecule has 92 valence electrons. The number of hydrogen-bond acceptors (Lipinski definition) is 3. The van der Waals surface area contributed by atoms with Gasteiger partial charge in [-0.05, 0) is 24.6 Å². The SMILES string of the molecule is Cc1cccc(OCC(=O)NCC2CNC2)c1. The number of ether oxygens (including phenoxy) is 1. The molecule has 0 aliphatic carbocycles. The van der Waals surface area contributed by atoms with E-state index in [1.54, 1.807) is 0 Å². The van der Waals surface area contributed by atoms with E-state index in [1.807, 2.05) is 31.2 Å². The lowest BCUT2D eigenvalue weighted by molar-refractivity contribution is -0.123. The minimum atomic E-state index is -0.0570. The number of hydrogen-bond donors (Lipinski definition) is 2. The van der Waals surface area contributed by atoms with Gasteiger partial charge in [0.2, 0.25) is 0 Å². The standard InChI is InChI=1S/C13H18N2O2/c1-10-3-2-4-12(5-10)17-9-13(16)15-8-11-6-14-7-11/h2-5,11,14H,6-9H2,1H3,(H,15,16). The molecule has 1 aromatic rings. The second-order valence-corrected chi connectivity index (χ2v) is 4.43. The molecule has 2 rings (SSSR count). The predicted octanol–water partition coefficient (Wildman–Crippen LogP) is 0.709. The van der Waals surface area contributed by atoms with Gasteiger partial charge in [-0.2, -0.15) is 0 Å². The Bertz CT molecular complexity index is 389. The highest BCUT2D eigenvalue weighted by molar-refractivity contribution is 5.77. The summed E-state index contributed by atoms with van der Waals surface area (Å²) in [5, 5.41) is 6.03. The summed E-state index contributed by atoms with van der Waals surface area (Å²) in [7, 11) is 0. The highest BCUT2D eigenvalue weighted by atomic mass is 16.5. The van der Waals surface area contributed by atoms with Crippen molar-refractivity contribution in [2.75, 3.05) is 26.2 Å². The zero-order chi connectivity index (χ0) is 12.1. The molecule has 2 N–H and O–H groups in total. The molecular formula is C13H18N2O2. The van der Waals surface area contributed by atoms with E-state index in [0.29, 0.717) is 5.92 Å². The second kappa shape index (κ2) is 5.68. The molecule has 0 aromatic heterocycles. The third-order valence-corrected chi connectivity index (χ3v) is 2.81. The van der Waals surface area contributed by atoms with Gasteiger partial charge in [-0.25, -0.2) is 0 Å². The largest absolute Gasteiger partial charge is 0.484 e. The lowest BCUT2D eigenvalue weighted by atomic mass is 10.0. The average Bonchev–Trinajstić information content (AvgIpc) is 2.24. The molecule has 0 saturated carbocycles. The lowest BCUT2D eigenvalue weighted by Gasteiger charge is -2.27. The van der Waals surface area contributed by atoms with E-state index in [1.165, 1.54) is 0 Å². The van der Waals surface area contributed by atoms with Gasteiger partial charge in [0.1, 0.15) is 5.75 Å². The Kier molecular flexibility index (Phi) is 3.98. The van der Waals surface area contributed by atoms with E-state index in [0.717, 1.165) is 30.9 Å². The van der Waals surface area contributed by atoms with E-state index in [4.69, 9.17) is 4.74 Å². The maximum absolute atomic E-state index is 11.5. The van der Waals surface area contributed by atoms with Crippen LogP contribution in [0.3, 0.4) is 0 Å². The minimum Gasteiger partial charge on any atom is -0.484 e.